The van der Waals surface area contributed by atoms with Crippen molar-refractivity contribution in [1.29, 1.82) is 0 Å². The molecule has 0 fully saturated rings. The molecule has 0 aromatic rings. The maximum Gasteiger partial charge on any atom is 0.305 e. The molecule has 1 aliphatic heterocycles. The lowest BCUT2D eigenvalue weighted by Crippen LogP contribution is -2.32. The number of hydrogen-bond donors (Lipinski definition) is 0. The van der Waals surface area contributed by atoms with Gasteiger partial charge < -0.3 is 4.74 Å². The van der Waals surface area contributed by atoms with E-state index in [4.69, 9.17) is 4.74 Å². The second kappa shape index (κ2) is 7.53. The van der Waals surface area contributed by atoms with Crippen LogP contribution in [0.2, 0.25) is 0 Å². The van der Waals surface area contributed by atoms with Gasteiger partial charge in [0.25, 0.3) is 5.91 Å². The lowest BCUT2D eigenvalue weighted by Gasteiger charge is -2.14. The number of hydrogen-bond acceptors (Lipinski definition) is 6. The molecule has 8 heteroatoms. The number of ether oxygens (including phenoxy) is 1. The maximum atomic E-state index is 12.2. The van der Waals surface area contributed by atoms with Crippen LogP contribution in [0.4, 0.5) is 0 Å². The average molecular weight is 318 g/mol. The van der Waals surface area contributed by atoms with Crippen molar-refractivity contribution in [1.82, 2.24) is 5.01 Å². The second-order valence-electron chi connectivity index (χ2n) is 4.84. The summed E-state index contributed by atoms with van der Waals surface area (Å²) in [6, 6.07) is 0. The summed E-state index contributed by atoms with van der Waals surface area (Å²) in [6.07, 6.45) is 0.488. The minimum Gasteiger partial charge on any atom is -0.466 e. The standard InChI is InChI=1S/C13H22N2O5S/c1-4-20-12(16)7-6-11-10(3)14-15(13(11)17)8-9-21(18,19)5-2/h11H,4-9H2,1-3H3. The Bertz CT molecular complexity index is 527. The van der Waals surface area contributed by atoms with Crippen molar-refractivity contribution in [3.63, 3.8) is 0 Å². The van der Waals surface area contributed by atoms with Gasteiger partial charge in [0.05, 0.1) is 24.8 Å². The van der Waals surface area contributed by atoms with Crippen molar-refractivity contribution in [3.05, 3.63) is 0 Å². The number of carbonyl (C=O) groups excluding carboxylic acids is 2. The molecule has 0 aromatic carbocycles. The third-order valence-electron chi connectivity index (χ3n) is 3.33. The van der Waals surface area contributed by atoms with E-state index < -0.39 is 15.8 Å². The first kappa shape index (κ1) is 17.6. The summed E-state index contributed by atoms with van der Waals surface area (Å²) >= 11 is 0. The molecule has 7 nitrogen and oxygen atoms in total. The highest BCUT2D eigenvalue weighted by atomic mass is 32.2. The first-order valence-electron chi connectivity index (χ1n) is 7.03. The van der Waals surface area contributed by atoms with E-state index >= 15 is 0 Å². The zero-order valence-corrected chi connectivity index (χ0v) is 13.5. The van der Waals surface area contributed by atoms with Crippen LogP contribution in [0, 0.1) is 5.92 Å². The molecule has 0 spiro atoms. The maximum absolute atomic E-state index is 12.2. The summed E-state index contributed by atoms with van der Waals surface area (Å²) in [5.74, 6) is -1.10. The zero-order valence-electron chi connectivity index (χ0n) is 12.7. The highest BCUT2D eigenvalue weighted by Gasteiger charge is 2.33. The van der Waals surface area contributed by atoms with Crippen LogP contribution >= 0.6 is 0 Å². The molecule has 0 aromatic heterocycles. The summed E-state index contributed by atoms with van der Waals surface area (Å²) in [4.78, 5) is 23.5. The van der Waals surface area contributed by atoms with Crippen LogP contribution in [-0.2, 0) is 24.2 Å². The Morgan fingerprint density at radius 1 is 1.38 bits per heavy atom. The molecule has 1 unspecified atom stereocenters. The fourth-order valence-electron chi connectivity index (χ4n) is 2.03. The lowest BCUT2D eigenvalue weighted by atomic mass is 9.98. The van der Waals surface area contributed by atoms with E-state index in [9.17, 15) is 18.0 Å². The Labute approximate surface area is 125 Å². The number of rotatable bonds is 8. The molecular weight excluding hydrogens is 296 g/mol. The van der Waals surface area contributed by atoms with Crippen LogP contribution in [0.1, 0.15) is 33.6 Å². The molecule has 1 amide bonds. The Morgan fingerprint density at radius 3 is 2.62 bits per heavy atom. The van der Waals surface area contributed by atoms with E-state index in [1.807, 2.05) is 0 Å². The van der Waals surface area contributed by atoms with Crippen molar-refractivity contribution < 1.29 is 22.7 Å². The van der Waals surface area contributed by atoms with Crippen LogP contribution in [0.3, 0.4) is 0 Å². The van der Waals surface area contributed by atoms with Crippen LogP contribution in [0.25, 0.3) is 0 Å². The molecule has 120 valence electrons. The topological polar surface area (TPSA) is 93.1 Å². The van der Waals surface area contributed by atoms with Crippen LogP contribution < -0.4 is 0 Å². The van der Waals surface area contributed by atoms with Crippen LogP contribution in [0.5, 0.6) is 0 Å². The Balaban J connectivity index is 2.55. The van der Waals surface area contributed by atoms with Gasteiger partial charge >= 0.3 is 5.97 Å². The summed E-state index contributed by atoms with van der Waals surface area (Å²) in [6.45, 7) is 5.37. The normalized spacial score (nSPS) is 18.8. The highest BCUT2D eigenvalue weighted by Crippen LogP contribution is 2.20. The van der Waals surface area contributed by atoms with Gasteiger partial charge in [0, 0.05) is 17.9 Å². The van der Waals surface area contributed by atoms with Gasteiger partial charge in [-0.15, -0.1) is 0 Å². The average Bonchev–Trinajstić information content (AvgIpc) is 2.69. The van der Waals surface area contributed by atoms with Gasteiger partial charge in [0.2, 0.25) is 0 Å². The van der Waals surface area contributed by atoms with Gasteiger partial charge in [-0.05, 0) is 20.3 Å². The van der Waals surface area contributed by atoms with Gasteiger partial charge in [-0.25, -0.2) is 13.4 Å². The summed E-state index contributed by atoms with van der Waals surface area (Å²) < 4.78 is 27.8. The summed E-state index contributed by atoms with van der Waals surface area (Å²) in [5, 5.41) is 5.29. The van der Waals surface area contributed by atoms with E-state index in [2.05, 4.69) is 5.10 Å². The van der Waals surface area contributed by atoms with Crippen molar-refractivity contribution in [2.75, 3.05) is 24.7 Å². The van der Waals surface area contributed by atoms with Gasteiger partial charge in [-0.1, -0.05) is 6.92 Å². The van der Waals surface area contributed by atoms with Crippen LogP contribution in [0.15, 0.2) is 5.10 Å². The Kier molecular flexibility index (Phi) is 6.32. The number of sulfone groups is 1. The van der Waals surface area contributed by atoms with Crippen molar-refractivity contribution in [3.8, 4) is 0 Å². The quantitative estimate of drug-likeness (QED) is 0.611. The fourth-order valence-corrected chi connectivity index (χ4v) is 2.77. The predicted octanol–water partition coefficient (Wildman–Crippen LogP) is 0.599. The van der Waals surface area contributed by atoms with Crippen molar-refractivity contribution >= 4 is 27.4 Å². The number of nitrogens with zero attached hydrogens (tertiary/aromatic N) is 2. The smallest absolute Gasteiger partial charge is 0.305 e. The van der Waals surface area contributed by atoms with E-state index in [0.29, 0.717) is 18.7 Å². The molecular formula is C13H22N2O5S. The largest absolute Gasteiger partial charge is 0.466 e. The predicted molar refractivity (Wildman–Crippen MR) is 78.5 cm³/mol. The third-order valence-corrected chi connectivity index (χ3v) is 5.02. The molecule has 1 rings (SSSR count). The van der Waals surface area contributed by atoms with E-state index in [1.165, 1.54) is 5.01 Å². The third kappa shape index (κ3) is 5.11. The lowest BCUT2D eigenvalue weighted by molar-refractivity contribution is -0.143. The molecule has 0 saturated heterocycles. The molecule has 1 atom stereocenters. The fraction of sp³-hybridized carbons (Fsp3) is 0.769. The summed E-state index contributed by atoms with van der Waals surface area (Å²) in [7, 11) is -3.14. The highest BCUT2D eigenvalue weighted by molar-refractivity contribution is 7.91. The molecule has 0 N–H and O–H groups in total. The first-order chi connectivity index (χ1) is 9.80. The minimum atomic E-state index is -3.14. The monoisotopic (exact) mass is 318 g/mol. The number of hydrazone groups is 1. The van der Waals surface area contributed by atoms with Gasteiger partial charge in [0.1, 0.15) is 0 Å². The van der Waals surface area contributed by atoms with Gasteiger partial charge in [0.15, 0.2) is 9.84 Å². The van der Waals surface area contributed by atoms with E-state index in [1.54, 1.807) is 20.8 Å². The van der Waals surface area contributed by atoms with Crippen LogP contribution in [-0.4, -0.2) is 55.7 Å². The molecule has 0 saturated carbocycles. The summed E-state index contributed by atoms with van der Waals surface area (Å²) in [5.41, 5.74) is 0.609. The first-order valence-corrected chi connectivity index (χ1v) is 8.85. The minimum absolute atomic E-state index is 0.0456. The van der Waals surface area contributed by atoms with Gasteiger partial charge in [-0.3, -0.25) is 9.59 Å². The zero-order chi connectivity index (χ0) is 16.0. The molecule has 21 heavy (non-hydrogen) atoms. The molecule has 1 heterocycles. The Hall–Kier alpha value is -1.44. The van der Waals surface area contributed by atoms with Crippen molar-refractivity contribution in [2.45, 2.75) is 33.6 Å². The molecule has 0 aliphatic carbocycles. The molecule has 0 bridgehead atoms. The Morgan fingerprint density at radius 2 is 2.05 bits per heavy atom. The van der Waals surface area contributed by atoms with Gasteiger partial charge in [-0.2, -0.15) is 5.10 Å². The number of amides is 1. The second-order valence-corrected chi connectivity index (χ2v) is 7.31. The molecule has 1 aliphatic rings. The number of esters is 1. The van der Waals surface area contributed by atoms with Crippen molar-refractivity contribution in [2.24, 2.45) is 11.0 Å². The number of carbonyl (C=O) groups is 2. The SMILES string of the molecule is CCOC(=O)CCC1C(=O)N(CCS(=O)(=O)CC)N=C1C. The van der Waals surface area contributed by atoms with E-state index in [-0.39, 0.29) is 36.3 Å². The van der Waals surface area contributed by atoms with E-state index in [0.717, 1.165) is 0 Å². The molecule has 0 radical (unpaired) electrons.